The minimum Gasteiger partial charge on any atom is -0.482 e. The maximum Gasteiger partial charge on any atom is 0.195 e. The van der Waals surface area contributed by atoms with Gasteiger partial charge in [0.25, 0.3) is 0 Å². The van der Waals surface area contributed by atoms with Crippen LogP contribution in [0, 0.1) is 0 Å². The number of benzene rings is 2. The van der Waals surface area contributed by atoms with Gasteiger partial charge in [-0.05, 0) is 24.6 Å². The molecule has 3 rings (SSSR count). The molecule has 0 spiro atoms. The van der Waals surface area contributed by atoms with Gasteiger partial charge in [-0.25, -0.2) is 4.98 Å². The van der Waals surface area contributed by atoms with Crippen molar-refractivity contribution >= 4 is 23.1 Å². The van der Waals surface area contributed by atoms with Gasteiger partial charge in [0, 0.05) is 0 Å². The number of aromatic amines is 1. The Kier molecular flexibility index (Phi) is 4.79. The van der Waals surface area contributed by atoms with Gasteiger partial charge < -0.3 is 9.72 Å². The van der Waals surface area contributed by atoms with Crippen molar-refractivity contribution in [3.63, 3.8) is 0 Å². The minimum atomic E-state index is 0.572. The van der Waals surface area contributed by atoms with Gasteiger partial charge in [0.05, 0.1) is 29.8 Å². The first-order chi connectivity index (χ1) is 11.4. The molecule has 0 saturated heterocycles. The number of fused-ring (bicyclic) bond motifs is 1. The van der Waals surface area contributed by atoms with Crippen LogP contribution < -0.4 is 0 Å². The van der Waals surface area contributed by atoms with E-state index in [0.29, 0.717) is 13.0 Å². The number of aromatic nitrogens is 2. The number of imidazole rings is 1. The molecule has 116 valence electrons. The molecule has 3 aromatic rings. The summed E-state index contributed by atoms with van der Waals surface area (Å²) in [6, 6.07) is 17.9. The Morgan fingerprint density at radius 3 is 2.70 bits per heavy atom. The van der Waals surface area contributed by atoms with Gasteiger partial charge in [0.15, 0.2) is 6.40 Å². The number of H-pyrrole nitrogens is 1. The molecule has 0 aliphatic carbocycles. The third-order valence-corrected chi connectivity index (χ3v) is 3.35. The number of nitrogens with one attached hydrogen (secondary N) is 1. The molecule has 0 atom stereocenters. The molecule has 0 saturated carbocycles. The van der Waals surface area contributed by atoms with Gasteiger partial charge in [-0.2, -0.15) is 5.10 Å². The summed E-state index contributed by atoms with van der Waals surface area (Å²) >= 11 is 0. The smallest absolute Gasteiger partial charge is 0.195 e. The fourth-order valence-corrected chi connectivity index (χ4v) is 2.27. The summed E-state index contributed by atoms with van der Waals surface area (Å²) in [6.07, 6.45) is 1.93. The molecular weight excluding hydrogens is 288 g/mol. The zero-order valence-corrected chi connectivity index (χ0v) is 12.9. The van der Waals surface area contributed by atoms with Crippen LogP contribution in [-0.4, -0.2) is 28.7 Å². The molecule has 1 N–H and O–H groups in total. The van der Waals surface area contributed by atoms with E-state index in [9.17, 15) is 0 Å². The molecule has 0 bridgehead atoms. The fourth-order valence-electron chi connectivity index (χ4n) is 2.27. The molecule has 0 fully saturated rings. The number of para-hydroxylation sites is 2. The first-order valence-corrected chi connectivity index (χ1v) is 7.56. The number of rotatable bonds is 6. The molecule has 1 aromatic heterocycles. The topological polar surface area (TPSA) is 62.6 Å². The number of ether oxygens (including phenoxy) is 1. The largest absolute Gasteiger partial charge is 0.482 e. The molecule has 0 unspecified atom stereocenters. The Hall–Kier alpha value is -2.95. The number of nitrogens with zero attached hydrogens (tertiary/aromatic N) is 3. The zero-order valence-electron chi connectivity index (χ0n) is 12.9. The van der Waals surface area contributed by atoms with Crippen LogP contribution >= 0.6 is 0 Å². The van der Waals surface area contributed by atoms with E-state index in [1.165, 1.54) is 6.40 Å². The lowest BCUT2D eigenvalue weighted by atomic mass is 10.1. The molecule has 1 heterocycles. The second-order valence-corrected chi connectivity index (χ2v) is 4.97. The van der Waals surface area contributed by atoms with Crippen molar-refractivity contribution < 1.29 is 4.74 Å². The van der Waals surface area contributed by atoms with Crippen molar-refractivity contribution in [3.05, 3.63) is 66.0 Å². The Labute approximate surface area is 134 Å². The standard InChI is InChI=1S/C18H18N4O/c1-2-23-13-19-22-17(14-8-4-3-5-9-14)12-18-20-15-10-6-7-11-16(15)21-18/h3-11,13H,2,12H2,1H3,(H,20,21)/b19-13+,22-17-. The van der Waals surface area contributed by atoms with E-state index >= 15 is 0 Å². The van der Waals surface area contributed by atoms with E-state index < -0.39 is 0 Å². The Bertz CT molecular complexity index is 788. The second-order valence-electron chi connectivity index (χ2n) is 4.97. The van der Waals surface area contributed by atoms with Gasteiger partial charge in [-0.3, -0.25) is 0 Å². The summed E-state index contributed by atoms with van der Waals surface area (Å²) in [6.45, 7) is 2.48. The van der Waals surface area contributed by atoms with Crippen LogP contribution in [0.5, 0.6) is 0 Å². The molecule has 5 heteroatoms. The molecule has 0 amide bonds. The SMILES string of the molecule is CCO/C=N/N=C(/Cc1nc2ccccc2[nH]1)c1ccccc1. The highest BCUT2D eigenvalue weighted by molar-refractivity contribution is 6.01. The highest BCUT2D eigenvalue weighted by Gasteiger charge is 2.09. The van der Waals surface area contributed by atoms with Crippen LogP contribution in [0.3, 0.4) is 0 Å². The Balaban J connectivity index is 1.88. The van der Waals surface area contributed by atoms with E-state index in [-0.39, 0.29) is 0 Å². The van der Waals surface area contributed by atoms with Crippen molar-refractivity contribution in [3.8, 4) is 0 Å². The normalized spacial score (nSPS) is 12.1. The minimum absolute atomic E-state index is 0.572. The van der Waals surface area contributed by atoms with E-state index in [1.54, 1.807) is 0 Å². The maximum atomic E-state index is 5.10. The van der Waals surface area contributed by atoms with Crippen molar-refractivity contribution in [2.24, 2.45) is 10.2 Å². The van der Waals surface area contributed by atoms with E-state index in [4.69, 9.17) is 4.74 Å². The van der Waals surface area contributed by atoms with E-state index in [1.807, 2.05) is 61.5 Å². The summed E-state index contributed by atoms with van der Waals surface area (Å²) in [5, 5.41) is 8.29. The van der Waals surface area contributed by atoms with Crippen molar-refractivity contribution in [1.29, 1.82) is 0 Å². The molecule has 23 heavy (non-hydrogen) atoms. The molecular formula is C18H18N4O. The third kappa shape index (κ3) is 3.83. The average Bonchev–Trinajstić information content (AvgIpc) is 3.01. The van der Waals surface area contributed by atoms with Gasteiger partial charge in [-0.1, -0.05) is 42.5 Å². The molecule has 0 radical (unpaired) electrons. The highest BCUT2D eigenvalue weighted by Crippen LogP contribution is 2.13. The summed E-state index contributed by atoms with van der Waals surface area (Å²) in [4.78, 5) is 7.93. The van der Waals surface area contributed by atoms with Crippen LogP contribution in [0.15, 0.2) is 64.8 Å². The predicted octanol–water partition coefficient (Wildman–Crippen LogP) is 3.57. The summed E-state index contributed by atoms with van der Waals surface area (Å²) in [5.74, 6) is 0.861. The van der Waals surface area contributed by atoms with Crippen molar-refractivity contribution in [1.82, 2.24) is 9.97 Å². The highest BCUT2D eigenvalue weighted by atomic mass is 16.5. The second kappa shape index (κ2) is 7.35. The zero-order chi connectivity index (χ0) is 15.9. The lowest BCUT2D eigenvalue weighted by Gasteiger charge is -2.03. The van der Waals surface area contributed by atoms with Gasteiger partial charge in [-0.15, -0.1) is 5.10 Å². The van der Waals surface area contributed by atoms with E-state index in [2.05, 4.69) is 20.2 Å². The lowest BCUT2D eigenvalue weighted by molar-refractivity contribution is 0.342. The molecule has 0 aliphatic rings. The first kappa shape index (κ1) is 15.0. The monoisotopic (exact) mass is 306 g/mol. The predicted molar refractivity (Wildman–Crippen MR) is 92.9 cm³/mol. The number of hydrogen-bond donors (Lipinski definition) is 1. The lowest BCUT2D eigenvalue weighted by Crippen LogP contribution is -2.06. The quantitative estimate of drug-likeness (QED) is 0.430. The van der Waals surface area contributed by atoms with Gasteiger partial charge in [0.2, 0.25) is 0 Å². The van der Waals surface area contributed by atoms with Gasteiger partial charge in [0.1, 0.15) is 5.82 Å². The molecule has 2 aromatic carbocycles. The maximum absolute atomic E-state index is 5.10. The summed E-state index contributed by atoms with van der Waals surface area (Å²) < 4.78 is 5.10. The van der Waals surface area contributed by atoms with Crippen LogP contribution in [0.4, 0.5) is 0 Å². The summed E-state index contributed by atoms with van der Waals surface area (Å²) in [5.41, 5.74) is 3.82. The summed E-state index contributed by atoms with van der Waals surface area (Å²) in [7, 11) is 0. The van der Waals surface area contributed by atoms with Gasteiger partial charge >= 0.3 is 0 Å². The van der Waals surface area contributed by atoms with E-state index in [0.717, 1.165) is 28.1 Å². The number of hydrogen-bond acceptors (Lipinski definition) is 4. The molecule has 5 nitrogen and oxygen atoms in total. The van der Waals surface area contributed by atoms with Crippen LogP contribution in [0.25, 0.3) is 11.0 Å². The first-order valence-electron chi connectivity index (χ1n) is 7.56. The average molecular weight is 306 g/mol. The van der Waals surface area contributed by atoms with Crippen LogP contribution in [-0.2, 0) is 11.2 Å². The van der Waals surface area contributed by atoms with Crippen molar-refractivity contribution in [2.75, 3.05) is 6.61 Å². The molecule has 0 aliphatic heterocycles. The van der Waals surface area contributed by atoms with Crippen molar-refractivity contribution in [2.45, 2.75) is 13.3 Å². The fraction of sp³-hybridized carbons (Fsp3) is 0.167. The Morgan fingerprint density at radius 1 is 1.13 bits per heavy atom. The van der Waals surface area contributed by atoms with Crippen LogP contribution in [0.2, 0.25) is 0 Å². The Morgan fingerprint density at radius 2 is 1.91 bits per heavy atom. The third-order valence-electron chi connectivity index (χ3n) is 3.35. The van der Waals surface area contributed by atoms with Crippen LogP contribution in [0.1, 0.15) is 18.3 Å².